The van der Waals surface area contributed by atoms with Gasteiger partial charge in [0, 0.05) is 44.0 Å². The first-order chi connectivity index (χ1) is 12.1. The van der Waals surface area contributed by atoms with Crippen LogP contribution in [0.4, 0.5) is 0 Å². The van der Waals surface area contributed by atoms with Gasteiger partial charge in [0.05, 0.1) is 0 Å². The van der Waals surface area contributed by atoms with E-state index in [-0.39, 0.29) is 24.4 Å². The van der Waals surface area contributed by atoms with Crippen molar-refractivity contribution in [3.63, 3.8) is 0 Å². The lowest BCUT2D eigenvalue weighted by atomic mass is 9.92. The number of rotatable bonds is 3. The molecular weight excluding hydrogens is 322 g/mol. The summed E-state index contributed by atoms with van der Waals surface area (Å²) in [6.45, 7) is 1.24. The molecule has 0 saturated carbocycles. The number of nitrogens with zero attached hydrogens (tertiary/aromatic N) is 3. The van der Waals surface area contributed by atoms with Crippen LogP contribution in [0, 0.1) is 5.92 Å². The Labute approximate surface area is 145 Å². The average molecular weight is 341 g/mol. The summed E-state index contributed by atoms with van der Waals surface area (Å²) in [4.78, 5) is 31.4. The lowest BCUT2D eigenvalue weighted by Crippen LogP contribution is -2.42. The average Bonchev–Trinajstić information content (AvgIpc) is 3.28. The molecule has 1 amide bonds. The molecule has 1 aromatic carbocycles. The van der Waals surface area contributed by atoms with Gasteiger partial charge in [0.15, 0.2) is 17.3 Å². The number of Topliss-reactive ketones (excluding diaryl/α,β-unsaturated/α-hetero) is 1. The highest BCUT2D eigenvalue weighted by Crippen LogP contribution is 2.33. The van der Waals surface area contributed by atoms with Crippen molar-refractivity contribution in [3.05, 3.63) is 42.0 Å². The molecule has 2 aliphatic heterocycles. The van der Waals surface area contributed by atoms with Crippen molar-refractivity contribution >= 4 is 11.7 Å². The molecule has 0 radical (unpaired) electrons. The number of fused-ring (bicyclic) bond motifs is 1. The predicted octanol–water partition coefficient (Wildman–Crippen LogP) is 1.88. The number of amides is 1. The quantitative estimate of drug-likeness (QED) is 0.797. The van der Waals surface area contributed by atoms with Crippen LogP contribution in [0.1, 0.15) is 33.8 Å². The van der Waals surface area contributed by atoms with Gasteiger partial charge in [-0.1, -0.05) is 0 Å². The Bertz CT molecular complexity index is 829. The van der Waals surface area contributed by atoms with Gasteiger partial charge in [-0.05, 0) is 31.0 Å². The summed E-state index contributed by atoms with van der Waals surface area (Å²) in [7, 11) is 1.80. The summed E-state index contributed by atoms with van der Waals surface area (Å²) in [6, 6.07) is 5.19. The number of ketones is 1. The molecule has 0 N–H and O–H groups in total. The number of aryl methyl sites for hydroxylation is 1. The van der Waals surface area contributed by atoms with E-state index in [9.17, 15) is 9.59 Å². The molecule has 7 heteroatoms. The fraction of sp³-hybridized carbons (Fsp3) is 0.389. The zero-order valence-electron chi connectivity index (χ0n) is 14.0. The van der Waals surface area contributed by atoms with Crippen LogP contribution in [0.5, 0.6) is 11.5 Å². The summed E-state index contributed by atoms with van der Waals surface area (Å²) < 4.78 is 12.3. The van der Waals surface area contributed by atoms with Gasteiger partial charge < -0.3 is 18.9 Å². The minimum absolute atomic E-state index is 0.00399. The number of carbonyl (C=O) groups is 2. The SMILES string of the molecule is Cn1ccnc1C(=O)[C@H]1CCCN(C(=O)c2ccc3c(c2)OCO3)C1. The fourth-order valence-electron chi connectivity index (χ4n) is 3.37. The normalized spacial score (nSPS) is 19.1. The van der Waals surface area contributed by atoms with Crippen molar-refractivity contribution in [1.29, 1.82) is 0 Å². The maximum absolute atomic E-state index is 12.8. The molecule has 2 aliphatic rings. The second-order valence-electron chi connectivity index (χ2n) is 6.38. The molecule has 25 heavy (non-hydrogen) atoms. The molecule has 0 spiro atoms. The Hall–Kier alpha value is -2.83. The van der Waals surface area contributed by atoms with E-state index in [0.29, 0.717) is 36.0 Å². The van der Waals surface area contributed by atoms with E-state index in [0.717, 1.165) is 12.8 Å². The van der Waals surface area contributed by atoms with Crippen LogP contribution in [0.15, 0.2) is 30.6 Å². The van der Waals surface area contributed by atoms with Crippen molar-refractivity contribution < 1.29 is 19.1 Å². The monoisotopic (exact) mass is 341 g/mol. The zero-order chi connectivity index (χ0) is 17.4. The third-order valence-corrected chi connectivity index (χ3v) is 4.74. The summed E-state index contributed by atoms with van der Waals surface area (Å²) >= 11 is 0. The van der Waals surface area contributed by atoms with Crippen LogP contribution in [-0.2, 0) is 7.05 Å². The van der Waals surface area contributed by atoms with Crippen LogP contribution < -0.4 is 9.47 Å². The summed E-state index contributed by atoms with van der Waals surface area (Å²) in [5.41, 5.74) is 0.550. The molecule has 7 nitrogen and oxygen atoms in total. The zero-order valence-corrected chi connectivity index (χ0v) is 14.0. The van der Waals surface area contributed by atoms with Gasteiger partial charge in [0.1, 0.15) is 0 Å². The third kappa shape index (κ3) is 2.86. The minimum Gasteiger partial charge on any atom is -0.454 e. The van der Waals surface area contributed by atoms with Gasteiger partial charge in [-0.25, -0.2) is 4.98 Å². The number of hydrogen-bond acceptors (Lipinski definition) is 5. The number of hydrogen-bond donors (Lipinski definition) is 0. The topological polar surface area (TPSA) is 73.7 Å². The lowest BCUT2D eigenvalue weighted by molar-refractivity contribution is 0.0632. The molecule has 3 heterocycles. The molecular formula is C18H19N3O4. The molecule has 4 rings (SSSR count). The maximum Gasteiger partial charge on any atom is 0.254 e. The van der Waals surface area contributed by atoms with Crippen molar-refractivity contribution in [2.75, 3.05) is 19.9 Å². The second kappa shape index (κ2) is 6.23. The van der Waals surface area contributed by atoms with E-state index in [2.05, 4.69) is 4.98 Å². The molecule has 1 atom stereocenters. The van der Waals surface area contributed by atoms with E-state index in [1.807, 2.05) is 0 Å². The number of imidazole rings is 1. The molecule has 130 valence electrons. The van der Waals surface area contributed by atoms with Crippen LogP contribution in [0.2, 0.25) is 0 Å². The summed E-state index contributed by atoms with van der Waals surface area (Å²) in [5.74, 6) is 1.38. The maximum atomic E-state index is 12.8. The van der Waals surface area contributed by atoms with E-state index in [1.54, 1.807) is 47.1 Å². The number of carbonyl (C=O) groups excluding carboxylic acids is 2. The van der Waals surface area contributed by atoms with Gasteiger partial charge in [-0.2, -0.15) is 0 Å². The Morgan fingerprint density at radius 3 is 2.88 bits per heavy atom. The van der Waals surface area contributed by atoms with Gasteiger partial charge in [0.25, 0.3) is 5.91 Å². The number of ether oxygens (including phenoxy) is 2. The summed E-state index contributed by atoms with van der Waals surface area (Å²) in [6.07, 6.45) is 4.95. The van der Waals surface area contributed by atoms with Crippen molar-refractivity contribution in [2.24, 2.45) is 13.0 Å². The largest absolute Gasteiger partial charge is 0.454 e. The van der Waals surface area contributed by atoms with Crippen LogP contribution in [0.25, 0.3) is 0 Å². The molecule has 0 unspecified atom stereocenters. The first-order valence-corrected chi connectivity index (χ1v) is 8.34. The van der Waals surface area contributed by atoms with E-state index in [1.165, 1.54) is 0 Å². The third-order valence-electron chi connectivity index (χ3n) is 4.74. The van der Waals surface area contributed by atoms with E-state index in [4.69, 9.17) is 9.47 Å². The van der Waals surface area contributed by atoms with Crippen molar-refractivity contribution in [3.8, 4) is 11.5 Å². The van der Waals surface area contributed by atoms with Crippen LogP contribution in [0.3, 0.4) is 0 Å². The lowest BCUT2D eigenvalue weighted by Gasteiger charge is -2.32. The second-order valence-corrected chi connectivity index (χ2v) is 6.38. The van der Waals surface area contributed by atoms with Gasteiger partial charge in [-0.15, -0.1) is 0 Å². The first kappa shape index (κ1) is 15.7. The molecule has 0 bridgehead atoms. The smallest absolute Gasteiger partial charge is 0.254 e. The molecule has 0 aliphatic carbocycles. The van der Waals surface area contributed by atoms with Crippen molar-refractivity contribution in [1.82, 2.24) is 14.5 Å². The Balaban J connectivity index is 1.50. The predicted molar refractivity (Wildman–Crippen MR) is 88.7 cm³/mol. The van der Waals surface area contributed by atoms with Crippen molar-refractivity contribution in [2.45, 2.75) is 12.8 Å². The Morgan fingerprint density at radius 1 is 1.24 bits per heavy atom. The highest BCUT2D eigenvalue weighted by atomic mass is 16.7. The Morgan fingerprint density at radius 2 is 2.08 bits per heavy atom. The van der Waals surface area contributed by atoms with Gasteiger partial charge in [-0.3, -0.25) is 9.59 Å². The number of aromatic nitrogens is 2. The van der Waals surface area contributed by atoms with E-state index >= 15 is 0 Å². The number of likely N-dealkylation sites (tertiary alicyclic amines) is 1. The Kier molecular flexibility index (Phi) is 3.91. The van der Waals surface area contributed by atoms with Gasteiger partial charge in [0.2, 0.25) is 12.6 Å². The first-order valence-electron chi connectivity index (χ1n) is 8.34. The highest BCUT2D eigenvalue weighted by molar-refractivity contribution is 5.97. The molecule has 1 fully saturated rings. The fourth-order valence-corrected chi connectivity index (χ4v) is 3.37. The van der Waals surface area contributed by atoms with Crippen LogP contribution >= 0.6 is 0 Å². The molecule has 1 saturated heterocycles. The summed E-state index contributed by atoms with van der Waals surface area (Å²) in [5, 5.41) is 0. The highest BCUT2D eigenvalue weighted by Gasteiger charge is 2.31. The van der Waals surface area contributed by atoms with Crippen LogP contribution in [-0.4, -0.2) is 46.0 Å². The molecule has 1 aromatic heterocycles. The number of piperidine rings is 1. The molecule has 2 aromatic rings. The van der Waals surface area contributed by atoms with E-state index < -0.39 is 0 Å². The number of benzene rings is 1. The standard InChI is InChI=1S/C18H19N3O4/c1-20-8-6-19-17(20)16(22)13-3-2-7-21(10-13)18(23)12-4-5-14-15(9-12)25-11-24-14/h4-6,8-9,13H,2-3,7,10-11H2,1H3/t13-/m0/s1. The minimum atomic E-state index is -0.215. The van der Waals surface area contributed by atoms with Gasteiger partial charge >= 0.3 is 0 Å².